The molecule has 1 heterocycles. The second kappa shape index (κ2) is 5.10. The average Bonchev–Trinajstić information content (AvgIpc) is 2.57. The van der Waals surface area contributed by atoms with E-state index in [9.17, 15) is 4.79 Å². The van der Waals surface area contributed by atoms with Crippen LogP contribution in [0.5, 0.6) is 0 Å². The number of carbonyl (C=O) groups is 1. The standard InChI is InChI=1S/C12H13ClN4O/c1-8-6-17(16-12(8)14)7-11(18)15-10-4-2-3-9(13)5-10/h2-6H,7H2,1H3,(H2,14,16)(H,15,18). The molecule has 18 heavy (non-hydrogen) atoms. The van der Waals surface area contributed by atoms with Gasteiger partial charge in [-0.3, -0.25) is 9.48 Å². The number of anilines is 2. The highest BCUT2D eigenvalue weighted by molar-refractivity contribution is 6.30. The van der Waals surface area contributed by atoms with Gasteiger partial charge in [-0.25, -0.2) is 0 Å². The molecule has 2 rings (SSSR count). The molecule has 94 valence electrons. The van der Waals surface area contributed by atoms with E-state index in [2.05, 4.69) is 10.4 Å². The number of nitrogens with zero attached hydrogens (tertiary/aromatic N) is 2. The molecule has 0 saturated heterocycles. The van der Waals surface area contributed by atoms with Gasteiger partial charge in [0.05, 0.1) is 0 Å². The first-order valence-corrected chi connectivity index (χ1v) is 5.77. The normalized spacial score (nSPS) is 10.3. The van der Waals surface area contributed by atoms with E-state index in [0.29, 0.717) is 16.5 Å². The number of nitrogen functional groups attached to an aromatic ring is 1. The van der Waals surface area contributed by atoms with Gasteiger partial charge < -0.3 is 11.1 Å². The second-order valence-electron chi connectivity index (χ2n) is 3.95. The number of halogens is 1. The summed E-state index contributed by atoms with van der Waals surface area (Å²) >= 11 is 5.83. The lowest BCUT2D eigenvalue weighted by Gasteiger charge is -2.05. The first-order chi connectivity index (χ1) is 8.54. The predicted octanol–water partition coefficient (Wildman–Crippen LogP) is 2.07. The third-order valence-corrected chi connectivity index (χ3v) is 2.63. The first kappa shape index (κ1) is 12.4. The van der Waals surface area contributed by atoms with Gasteiger partial charge in [-0.15, -0.1) is 0 Å². The number of benzene rings is 1. The van der Waals surface area contributed by atoms with Crippen LogP contribution in [0.25, 0.3) is 0 Å². The summed E-state index contributed by atoms with van der Waals surface area (Å²) in [5, 5.41) is 7.33. The molecule has 0 bridgehead atoms. The van der Waals surface area contributed by atoms with Crippen LogP contribution in [0.4, 0.5) is 11.5 Å². The van der Waals surface area contributed by atoms with Crippen LogP contribution in [0.2, 0.25) is 5.02 Å². The number of aromatic nitrogens is 2. The number of carbonyl (C=O) groups excluding carboxylic acids is 1. The Hall–Kier alpha value is -2.01. The molecule has 0 aliphatic heterocycles. The predicted molar refractivity (Wildman–Crippen MR) is 71.5 cm³/mol. The maximum absolute atomic E-state index is 11.8. The number of aryl methyl sites for hydroxylation is 1. The Labute approximate surface area is 110 Å². The Bertz CT molecular complexity index is 560. The quantitative estimate of drug-likeness (QED) is 0.891. The summed E-state index contributed by atoms with van der Waals surface area (Å²) in [5.41, 5.74) is 7.12. The Balaban J connectivity index is 2.01. The van der Waals surface area contributed by atoms with Crippen molar-refractivity contribution < 1.29 is 4.79 Å². The van der Waals surface area contributed by atoms with E-state index >= 15 is 0 Å². The van der Waals surface area contributed by atoms with Gasteiger partial charge in [-0.1, -0.05) is 17.7 Å². The molecule has 0 saturated carbocycles. The maximum Gasteiger partial charge on any atom is 0.246 e. The number of amides is 1. The van der Waals surface area contributed by atoms with E-state index in [-0.39, 0.29) is 12.5 Å². The topological polar surface area (TPSA) is 72.9 Å². The fraction of sp³-hybridized carbons (Fsp3) is 0.167. The van der Waals surface area contributed by atoms with Crippen molar-refractivity contribution >= 4 is 29.0 Å². The zero-order valence-electron chi connectivity index (χ0n) is 9.85. The van der Waals surface area contributed by atoms with Gasteiger partial charge in [0.1, 0.15) is 12.4 Å². The molecule has 5 nitrogen and oxygen atoms in total. The minimum Gasteiger partial charge on any atom is -0.382 e. The molecule has 0 fully saturated rings. The molecule has 3 N–H and O–H groups in total. The van der Waals surface area contributed by atoms with Crippen LogP contribution in [0.15, 0.2) is 30.5 Å². The molecule has 6 heteroatoms. The lowest BCUT2D eigenvalue weighted by atomic mass is 10.3. The number of nitrogens with one attached hydrogen (secondary N) is 1. The summed E-state index contributed by atoms with van der Waals surface area (Å²) in [5.74, 6) is 0.255. The van der Waals surface area contributed by atoms with Crippen molar-refractivity contribution in [2.45, 2.75) is 13.5 Å². The van der Waals surface area contributed by atoms with Crippen LogP contribution >= 0.6 is 11.6 Å². The highest BCUT2D eigenvalue weighted by atomic mass is 35.5. The molecule has 0 spiro atoms. The minimum atomic E-state index is -0.181. The van der Waals surface area contributed by atoms with E-state index in [1.807, 2.05) is 6.92 Å². The minimum absolute atomic E-state index is 0.116. The van der Waals surface area contributed by atoms with Gasteiger partial charge in [0.25, 0.3) is 0 Å². The zero-order chi connectivity index (χ0) is 13.1. The SMILES string of the molecule is Cc1cn(CC(=O)Nc2cccc(Cl)c2)nc1N. The molecular weight excluding hydrogens is 252 g/mol. The summed E-state index contributed by atoms with van der Waals surface area (Å²) in [4.78, 5) is 11.8. The molecule has 1 aromatic carbocycles. The molecule has 1 amide bonds. The zero-order valence-corrected chi connectivity index (χ0v) is 10.6. The lowest BCUT2D eigenvalue weighted by molar-refractivity contribution is -0.116. The summed E-state index contributed by atoms with van der Waals surface area (Å²) in [7, 11) is 0. The van der Waals surface area contributed by atoms with E-state index in [1.54, 1.807) is 30.5 Å². The smallest absolute Gasteiger partial charge is 0.246 e. The number of rotatable bonds is 3. The third kappa shape index (κ3) is 3.01. The van der Waals surface area contributed by atoms with Crippen molar-refractivity contribution in [1.82, 2.24) is 9.78 Å². The number of hydrogen-bond acceptors (Lipinski definition) is 3. The van der Waals surface area contributed by atoms with E-state index < -0.39 is 0 Å². The van der Waals surface area contributed by atoms with Crippen molar-refractivity contribution in [3.05, 3.63) is 41.0 Å². The fourth-order valence-electron chi connectivity index (χ4n) is 1.53. The molecule has 0 radical (unpaired) electrons. The van der Waals surface area contributed by atoms with Gasteiger partial charge in [0.15, 0.2) is 0 Å². The van der Waals surface area contributed by atoms with E-state index in [1.165, 1.54) is 4.68 Å². The molecule has 0 atom stereocenters. The Morgan fingerprint density at radius 1 is 1.56 bits per heavy atom. The Kier molecular flexibility index (Phi) is 3.53. The highest BCUT2D eigenvalue weighted by Crippen LogP contribution is 2.15. The van der Waals surface area contributed by atoms with Crippen LogP contribution in [-0.4, -0.2) is 15.7 Å². The van der Waals surface area contributed by atoms with Crippen LogP contribution < -0.4 is 11.1 Å². The van der Waals surface area contributed by atoms with E-state index in [0.717, 1.165) is 5.56 Å². The van der Waals surface area contributed by atoms with E-state index in [4.69, 9.17) is 17.3 Å². The molecule has 0 aliphatic carbocycles. The fourth-order valence-corrected chi connectivity index (χ4v) is 1.72. The maximum atomic E-state index is 11.8. The summed E-state index contributed by atoms with van der Waals surface area (Å²) < 4.78 is 1.50. The third-order valence-electron chi connectivity index (χ3n) is 2.40. The Morgan fingerprint density at radius 3 is 2.94 bits per heavy atom. The van der Waals surface area contributed by atoms with Crippen molar-refractivity contribution in [3.63, 3.8) is 0 Å². The van der Waals surface area contributed by atoms with Crippen LogP contribution in [0.3, 0.4) is 0 Å². The first-order valence-electron chi connectivity index (χ1n) is 5.39. The molecular formula is C12H13ClN4O. The average molecular weight is 265 g/mol. The molecule has 1 aromatic heterocycles. The lowest BCUT2D eigenvalue weighted by Crippen LogP contribution is -2.19. The largest absolute Gasteiger partial charge is 0.382 e. The van der Waals surface area contributed by atoms with Gasteiger partial charge in [-0.2, -0.15) is 5.10 Å². The van der Waals surface area contributed by atoms with Gasteiger partial charge >= 0.3 is 0 Å². The van der Waals surface area contributed by atoms with Crippen LogP contribution in [-0.2, 0) is 11.3 Å². The van der Waals surface area contributed by atoms with Crippen molar-refractivity contribution in [3.8, 4) is 0 Å². The summed E-state index contributed by atoms with van der Waals surface area (Å²) in [6, 6.07) is 6.97. The second-order valence-corrected chi connectivity index (χ2v) is 4.39. The summed E-state index contributed by atoms with van der Waals surface area (Å²) in [6.45, 7) is 1.96. The number of hydrogen-bond donors (Lipinski definition) is 2. The molecule has 0 aliphatic rings. The molecule has 0 unspecified atom stereocenters. The van der Waals surface area contributed by atoms with Gasteiger partial charge in [0, 0.05) is 22.5 Å². The van der Waals surface area contributed by atoms with Crippen molar-refractivity contribution in [2.24, 2.45) is 0 Å². The summed E-state index contributed by atoms with van der Waals surface area (Å²) in [6.07, 6.45) is 1.73. The van der Waals surface area contributed by atoms with Crippen LogP contribution in [0.1, 0.15) is 5.56 Å². The number of nitrogens with two attached hydrogens (primary N) is 1. The monoisotopic (exact) mass is 264 g/mol. The van der Waals surface area contributed by atoms with Crippen molar-refractivity contribution in [2.75, 3.05) is 11.1 Å². The highest BCUT2D eigenvalue weighted by Gasteiger charge is 2.06. The van der Waals surface area contributed by atoms with Crippen molar-refractivity contribution in [1.29, 1.82) is 0 Å². The Morgan fingerprint density at radius 2 is 2.33 bits per heavy atom. The van der Waals surface area contributed by atoms with Gasteiger partial charge in [-0.05, 0) is 25.1 Å². The van der Waals surface area contributed by atoms with Gasteiger partial charge in [0.2, 0.25) is 5.91 Å². The molecule has 2 aromatic rings. The van der Waals surface area contributed by atoms with Crippen LogP contribution in [0, 0.1) is 6.92 Å².